The molecule has 0 atom stereocenters. The predicted molar refractivity (Wildman–Crippen MR) is 70.3 cm³/mol. The summed E-state index contributed by atoms with van der Waals surface area (Å²) in [4.78, 5) is 11.2. The van der Waals surface area contributed by atoms with Crippen LogP contribution in [0.5, 0.6) is 5.75 Å². The molecule has 0 radical (unpaired) electrons. The van der Waals surface area contributed by atoms with Crippen LogP contribution in [0, 0.1) is 0 Å². The van der Waals surface area contributed by atoms with Gasteiger partial charge in [-0.2, -0.15) is 0 Å². The Morgan fingerprint density at radius 1 is 1.11 bits per heavy atom. The highest BCUT2D eigenvalue weighted by Gasteiger charge is 2.11. The van der Waals surface area contributed by atoms with Crippen LogP contribution in [-0.2, 0) is 11.3 Å². The summed E-state index contributed by atoms with van der Waals surface area (Å²) in [6.45, 7) is 0.105. The first kappa shape index (κ1) is 10.7. The first-order valence-corrected chi connectivity index (χ1v) is 5.65. The van der Waals surface area contributed by atoms with Crippen molar-refractivity contribution in [3.05, 3.63) is 42.5 Å². The van der Waals surface area contributed by atoms with E-state index in [-0.39, 0.29) is 12.3 Å². The zero-order valence-corrected chi connectivity index (χ0v) is 9.63. The highest BCUT2D eigenvalue weighted by atomic mass is 16.3. The number of phenolic OH excluding ortho intramolecular Hbond substituents is 1. The molecule has 2 aromatic carbocycles. The number of aromatic nitrogens is 1. The molecule has 18 heavy (non-hydrogen) atoms. The van der Waals surface area contributed by atoms with E-state index in [2.05, 4.69) is 0 Å². The topological polar surface area (TPSA) is 68.2 Å². The number of nitrogens with two attached hydrogens (primary N) is 1. The molecule has 0 saturated heterocycles. The molecule has 0 bridgehead atoms. The van der Waals surface area contributed by atoms with E-state index < -0.39 is 5.91 Å². The van der Waals surface area contributed by atoms with Crippen molar-refractivity contribution >= 4 is 27.7 Å². The van der Waals surface area contributed by atoms with Gasteiger partial charge in [-0.05, 0) is 18.2 Å². The fourth-order valence-corrected chi connectivity index (χ4v) is 2.36. The van der Waals surface area contributed by atoms with Crippen LogP contribution in [0.3, 0.4) is 0 Å². The van der Waals surface area contributed by atoms with Gasteiger partial charge < -0.3 is 15.4 Å². The van der Waals surface area contributed by atoms with E-state index in [9.17, 15) is 9.90 Å². The number of primary amides is 1. The summed E-state index contributed by atoms with van der Waals surface area (Å²) < 4.78 is 1.83. The van der Waals surface area contributed by atoms with Crippen molar-refractivity contribution in [2.75, 3.05) is 0 Å². The molecule has 0 saturated carbocycles. The van der Waals surface area contributed by atoms with Gasteiger partial charge in [-0.3, -0.25) is 4.79 Å². The number of hydrogen-bond donors (Lipinski definition) is 2. The third kappa shape index (κ3) is 1.50. The summed E-state index contributed by atoms with van der Waals surface area (Å²) in [5.74, 6) is -0.225. The molecule has 0 aliphatic rings. The molecule has 3 aromatic rings. The molecule has 0 aliphatic heterocycles. The molecule has 4 nitrogen and oxygen atoms in total. The van der Waals surface area contributed by atoms with Crippen molar-refractivity contribution in [3.8, 4) is 5.75 Å². The Morgan fingerprint density at radius 3 is 2.61 bits per heavy atom. The number of hydrogen-bond acceptors (Lipinski definition) is 2. The number of phenols is 1. The molecule has 90 valence electrons. The summed E-state index contributed by atoms with van der Waals surface area (Å²) in [5.41, 5.74) is 7.04. The number of amides is 1. The average Bonchev–Trinajstić information content (AvgIpc) is 2.63. The Kier molecular flexibility index (Phi) is 2.23. The normalized spacial score (nSPS) is 11.1. The van der Waals surface area contributed by atoms with Crippen LogP contribution in [0.25, 0.3) is 21.8 Å². The van der Waals surface area contributed by atoms with Crippen LogP contribution in [0.2, 0.25) is 0 Å². The van der Waals surface area contributed by atoms with Crippen LogP contribution >= 0.6 is 0 Å². The van der Waals surface area contributed by atoms with Gasteiger partial charge in [0.25, 0.3) is 0 Å². The molecule has 3 N–H and O–H groups in total. The van der Waals surface area contributed by atoms with Crippen LogP contribution in [0.4, 0.5) is 0 Å². The molecule has 1 heterocycles. The van der Waals surface area contributed by atoms with E-state index in [0.717, 1.165) is 21.8 Å². The van der Waals surface area contributed by atoms with Gasteiger partial charge in [-0.15, -0.1) is 0 Å². The lowest BCUT2D eigenvalue weighted by molar-refractivity contribution is -0.118. The van der Waals surface area contributed by atoms with Crippen molar-refractivity contribution in [1.29, 1.82) is 0 Å². The third-order valence-electron chi connectivity index (χ3n) is 3.07. The number of carbonyl (C=O) groups excluding carboxylic acids is 1. The summed E-state index contributed by atoms with van der Waals surface area (Å²) in [7, 11) is 0. The first-order valence-electron chi connectivity index (χ1n) is 5.65. The van der Waals surface area contributed by atoms with Crippen LogP contribution in [0.15, 0.2) is 42.5 Å². The van der Waals surface area contributed by atoms with Crippen molar-refractivity contribution in [1.82, 2.24) is 4.57 Å². The van der Waals surface area contributed by atoms with Crippen LogP contribution in [0.1, 0.15) is 0 Å². The van der Waals surface area contributed by atoms with E-state index >= 15 is 0 Å². The molecule has 0 unspecified atom stereocenters. The number of rotatable bonds is 2. The second-order valence-corrected chi connectivity index (χ2v) is 4.27. The SMILES string of the molecule is NC(=O)Cn1c2ccccc2c2ccc(O)cc21. The van der Waals surface area contributed by atoms with Gasteiger partial charge in [0.2, 0.25) is 5.91 Å². The molecular weight excluding hydrogens is 228 g/mol. The lowest BCUT2D eigenvalue weighted by Gasteiger charge is -2.04. The summed E-state index contributed by atoms with van der Waals surface area (Å²) in [6, 6.07) is 12.9. The number of carbonyl (C=O) groups is 1. The number of benzene rings is 2. The lowest BCUT2D eigenvalue weighted by atomic mass is 10.1. The zero-order chi connectivity index (χ0) is 12.7. The number of fused-ring (bicyclic) bond motifs is 3. The summed E-state index contributed by atoms with van der Waals surface area (Å²) >= 11 is 0. The van der Waals surface area contributed by atoms with Gasteiger partial charge in [0, 0.05) is 22.4 Å². The highest BCUT2D eigenvalue weighted by Crippen LogP contribution is 2.30. The summed E-state index contributed by atoms with van der Waals surface area (Å²) in [5, 5.41) is 11.6. The molecule has 1 amide bonds. The predicted octanol–water partition coefficient (Wildman–Crippen LogP) is 1.99. The van der Waals surface area contributed by atoms with Crippen molar-refractivity contribution in [2.24, 2.45) is 5.73 Å². The molecule has 0 spiro atoms. The monoisotopic (exact) mass is 240 g/mol. The van der Waals surface area contributed by atoms with E-state index in [1.54, 1.807) is 12.1 Å². The molecule has 4 heteroatoms. The minimum Gasteiger partial charge on any atom is -0.508 e. The number of para-hydroxylation sites is 1. The Bertz CT molecular complexity index is 759. The fraction of sp³-hybridized carbons (Fsp3) is 0.0714. The van der Waals surface area contributed by atoms with Gasteiger partial charge in [0.1, 0.15) is 12.3 Å². The van der Waals surface area contributed by atoms with Crippen LogP contribution in [-0.4, -0.2) is 15.6 Å². The zero-order valence-electron chi connectivity index (χ0n) is 9.63. The van der Waals surface area contributed by atoms with Gasteiger partial charge in [-0.25, -0.2) is 0 Å². The van der Waals surface area contributed by atoms with E-state index in [0.29, 0.717) is 0 Å². The molecule has 1 aromatic heterocycles. The largest absolute Gasteiger partial charge is 0.508 e. The Hall–Kier alpha value is -2.49. The highest BCUT2D eigenvalue weighted by molar-refractivity contribution is 6.08. The average molecular weight is 240 g/mol. The van der Waals surface area contributed by atoms with Crippen molar-refractivity contribution in [3.63, 3.8) is 0 Å². The maximum absolute atomic E-state index is 11.2. The Balaban J connectivity index is 2.46. The van der Waals surface area contributed by atoms with Gasteiger partial charge >= 0.3 is 0 Å². The van der Waals surface area contributed by atoms with Gasteiger partial charge in [0.15, 0.2) is 0 Å². The Labute approximate surface area is 103 Å². The lowest BCUT2D eigenvalue weighted by Crippen LogP contribution is -2.18. The second-order valence-electron chi connectivity index (χ2n) is 4.27. The van der Waals surface area contributed by atoms with E-state index in [1.807, 2.05) is 34.9 Å². The quantitative estimate of drug-likeness (QED) is 0.719. The molecule has 0 fully saturated rings. The Morgan fingerprint density at radius 2 is 1.83 bits per heavy atom. The van der Waals surface area contributed by atoms with Crippen LogP contribution < -0.4 is 5.73 Å². The first-order chi connectivity index (χ1) is 8.66. The minimum absolute atomic E-state index is 0.105. The van der Waals surface area contributed by atoms with Crippen molar-refractivity contribution in [2.45, 2.75) is 6.54 Å². The maximum Gasteiger partial charge on any atom is 0.237 e. The second kappa shape index (κ2) is 3.77. The summed E-state index contributed by atoms with van der Waals surface area (Å²) in [6.07, 6.45) is 0. The standard InChI is InChI=1S/C14H12N2O2/c15-14(18)8-16-12-4-2-1-3-10(12)11-6-5-9(17)7-13(11)16/h1-7,17H,8H2,(H2,15,18). The molecule has 3 rings (SSSR count). The minimum atomic E-state index is -0.402. The number of aromatic hydroxyl groups is 1. The van der Waals surface area contributed by atoms with E-state index in [4.69, 9.17) is 5.73 Å². The van der Waals surface area contributed by atoms with Gasteiger partial charge in [0.05, 0.1) is 5.52 Å². The maximum atomic E-state index is 11.2. The van der Waals surface area contributed by atoms with Crippen molar-refractivity contribution < 1.29 is 9.90 Å². The van der Waals surface area contributed by atoms with Gasteiger partial charge in [-0.1, -0.05) is 18.2 Å². The molecular formula is C14H12N2O2. The number of nitrogens with zero attached hydrogens (tertiary/aromatic N) is 1. The van der Waals surface area contributed by atoms with E-state index in [1.165, 1.54) is 0 Å². The molecule has 0 aliphatic carbocycles. The third-order valence-corrected chi connectivity index (χ3v) is 3.07. The smallest absolute Gasteiger partial charge is 0.237 e. The fourth-order valence-electron chi connectivity index (χ4n) is 2.36.